The van der Waals surface area contributed by atoms with E-state index in [0.717, 1.165) is 0 Å². The summed E-state index contributed by atoms with van der Waals surface area (Å²) >= 11 is 0. The summed E-state index contributed by atoms with van der Waals surface area (Å²) in [5, 5.41) is 0. The van der Waals surface area contributed by atoms with Crippen molar-refractivity contribution in [3.63, 3.8) is 0 Å². The molecule has 0 unspecified atom stereocenters. The first-order valence-corrected chi connectivity index (χ1v) is 16.5. The minimum atomic E-state index is 0.643. The van der Waals surface area contributed by atoms with Crippen LogP contribution in [-0.4, -0.2) is 29.1 Å². The van der Waals surface area contributed by atoms with Gasteiger partial charge >= 0.3 is 0 Å². The Bertz CT molecular complexity index is 418. The number of hydrogen-bond acceptors (Lipinski definition) is 2. The maximum Gasteiger partial charge on any atom is 0.101 e. The second-order valence-electron chi connectivity index (χ2n) is 11.5. The van der Waals surface area contributed by atoms with Crippen LogP contribution in [0, 0.1) is 0 Å². The third kappa shape index (κ3) is 18.3. The molecule has 1 heterocycles. The number of nitrogens with zero attached hydrogens (tertiary/aromatic N) is 2. The third-order valence-corrected chi connectivity index (χ3v) is 8.07. The lowest BCUT2D eigenvalue weighted by molar-refractivity contribution is 0.135. The van der Waals surface area contributed by atoms with E-state index in [-0.39, 0.29) is 0 Å². The highest BCUT2D eigenvalue weighted by Crippen LogP contribution is 2.24. The van der Waals surface area contributed by atoms with Crippen molar-refractivity contribution in [3.8, 4) is 0 Å². The fourth-order valence-electron chi connectivity index (χ4n) is 5.66. The van der Waals surface area contributed by atoms with Crippen LogP contribution in [0.15, 0.2) is 12.4 Å². The zero-order chi connectivity index (χ0) is 25.2. The molecule has 1 aliphatic heterocycles. The van der Waals surface area contributed by atoms with E-state index >= 15 is 0 Å². The molecule has 2 nitrogen and oxygen atoms in total. The Labute approximate surface area is 222 Å². The molecule has 0 saturated heterocycles. The molecular formula is C33H66N2. The highest BCUT2D eigenvalue weighted by molar-refractivity contribution is 4.97. The summed E-state index contributed by atoms with van der Waals surface area (Å²) < 4.78 is 0. The predicted molar refractivity (Wildman–Crippen MR) is 159 cm³/mol. The van der Waals surface area contributed by atoms with Gasteiger partial charge in [-0.15, -0.1) is 0 Å². The van der Waals surface area contributed by atoms with Gasteiger partial charge in [-0.1, -0.05) is 156 Å². The van der Waals surface area contributed by atoms with Crippen molar-refractivity contribution in [1.82, 2.24) is 9.80 Å². The van der Waals surface area contributed by atoms with Gasteiger partial charge in [0.2, 0.25) is 0 Å². The molecule has 0 N–H and O–H groups in total. The summed E-state index contributed by atoms with van der Waals surface area (Å²) in [6.07, 6.45) is 41.0. The van der Waals surface area contributed by atoms with E-state index < -0.39 is 0 Å². The Morgan fingerprint density at radius 3 is 1.00 bits per heavy atom. The molecule has 0 spiro atoms. The fourth-order valence-corrected chi connectivity index (χ4v) is 5.66. The van der Waals surface area contributed by atoms with E-state index in [9.17, 15) is 0 Å². The van der Waals surface area contributed by atoms with Gasteiger partial charge in [0.15, 0.2) is 0 Å². The van der Waals surface area contributed by atoms with E-state index in [4.69, 9.17) is 0 Å². The zero-order valence-corrected chi connectivity index (χ0v) is 24.7. The molecule has 0 aromatic rings. The Balaban J connectivity index is 2.26. The van der Waals surface area contributed by atoms with Gasteiger partial charge in [0, 0.05) is 25.5 Å². The smallest absolute Gasteiger partial charge is 0.101 e. The van der Waals surface area contributed by atoms with Crippen molar-refractivity contribution in [2.24, 2.45) is 0 Å². The van der Waals surface area contributed by atoms with Crippen molar-refractivity contribution < 1.29 is 0 Å². The van der Waals surface area contributed by atoms with Gasteiger partial charge in [-0.05, 0) is 25.7 Å². The molecule has 0 radical (unpaired) electrons. The van der Waals surface area contributed by atoms with Gasteiger partial charge in [0.05, 0.1) is 0 Å². The highest BCUT2D eigenvalue weighted by Gasteiger charge is 2.24. The molecule has 1 aliphatic rings. The molecule has 0 saturated carbocycles. The molecule has 208 valence electrons. The minimum absolute atomic E-state index is 0.643. The summed E-state index contributed by atoms with van der Waals surface area (Å²) in [5.74, 6) is 0. The normalized spacial score (nSPS) is 14.0. The van der Waals surface area contributed by atoms with Crippen molar-refractivity contribution >= 4 is 0 Å². The molecule has 0 amide bonds. The molecule has 2 heteroatoms. The monoisotopic (exact) mass is 491 g/mol. The van der Waals surface area contributed by atoms with Crippen LogP contribution in [0.2, 0.25) is 0 Å². The van der Waals surface area contributed by atoms with Gasteiger partial charge < -0.3 is 9.80 Å². The number of hydrogen-bond donors (Lipinski definition) is 0. The number of rotatable bonds is 27. The van der Waals surface area contributed by atoms with Crippen LogP contribution in [0.5, 0.6) is 0 Å². The van der Waals surface area contributed by atoms with Crippen LogP contribution in [0.25, 0.3) is 0 Å². The molecule has 0 atom stereocenters. The Hall–Kier alpha value is -0.660. The molecule has 0 aromatic heterocycles. The van der Waals surface area contributed by atoms with E-state index in [0.29, 0.717) is 6.17 Å². The van der Waals surface area contributed by atoms with Crippen molar-refractivity contribution in [2.75, 3.05) is 13.1 Å². The summed E-state index contributed by atoms with van der Waals surface area (Å²) in [6, 6.07) is 0. The van der Waals surface area contributed by atoms with Crippen molar-refractivity contribution in [2.45, 2.75) is 187 Å². The highest BCUT2D eigenvalue weighted by atomic mass is 15.4. The average molecular weight is 491 g/mol. The summed E-state index contributed by atoms with van der Waals surface area (Å²) in [7, 11) is 0. The maximum atomic E-state index is 2.70. The lowest BCUT2D eigenvalue weighted by atomic mass is 10.0. The fraction of sp³-hybridized carbons (Fsp3) is 0.939. The van der Waals surface area contributed by atoms with Gasteiger partial charge in [0.1, 0.15) is 6.17 Å². The standard InChI is InChI=1S/C33H66N2/c1-4-7-10-13-16-17-18-19-22-25-28-33-34(29-26-23-20-14-11-8-5-2)31-32-35(33)30-27-24-21-15-12-9-6-3/h31-33H,4-30H2,1-3H3. The van der Waals surface area contributed by atoms with Crippen molar-refractivity contribution in [1.29, 1.82) is 0 Å². The largest absolute Gasteiger partial charge is 0.356 e. The molecular weight excluding hydrogens is 424 g/mol. The van der Waals surface area contributed by atoms with E-state index in [1.54, 1.807) is 0 Å². The van der Waals surface area contributed by atoms with Crippen LogP contribution in [0.4, 0.5) is 0 Å². The lowest BCUT2D eigenvalue weighted by Gasteiger charge is -2.33. The van der Waals surface area contributed by atoms with Crippen LogP contribution >= 0.6 is 0 Å². The quantitative estimate of drug-likeness (QED) is 0.106. The minimum Gasteiger partial charge on any atom is -0.356 e. The lowest BCUT2D eigenvalue weighted by Crippen LogP contribution is -2.39. The third-order valence-electron chi connectivity index (χ3n) is 8.07. The predicted octanol–water partition coefficient (Wildman–Crippen LogP) is 11.2. The van der Waals surface area contributed by atoms with Gasteiger partial charge in [-0.2, -0.15) is 0 Å². The molecule has 35 heavy (non-hydrogen) atoms. The molecule has 0 aliphatic carbocycles. The van der Waals surface area contributed by atoms with Gasteiger partial charge in [-0.25, -0.2) is 0 Å². The Kier molecular flexibility index (Phi) is 23.1. The van der Waals surface area contributed by atoms with Crippen LogP contribution in [0.3, 0.4) is 0 Å². The Morgan fingerprint density at radius 2 is 0.657 bits per heavy atom. The summed E-state index contributed by atoms with van der Waals surface area (Å²) in [5.41, 5.74) is 0. The molecule has 0 bridgehead atoms. The Morgan fingerprint density at radius 1 is 0.371 bits per heavy atom. The topological polar surface area (TPSA) is 6.48 Å². The van der Waals surface area contributed by atoms with Crippen LogP contribution < -0.4 is 0 Å². The number of unbranched alkanes of at least 4 members (excludes halogenated alkanes) is 21. The van der Waals surface area contributed by atoms with Crippen LogP contribution in [0.1, 0.15) is 181 Å². The van der Waals surface area contributed by atoms with E-state index in [1.807, 2.05) is 0 Å². The first kappa shape index (κ1) is 32.4. The zero-order valence-electron chi connectivity index (χ0n) is 24.7. The average Bonchev–Trinajstić information content (AvgIpc) is 3.25. The van der Waals surface area contributed by atoms with Gasteiger partial charge in [-0.3, -0.25) is 0 Å². The van der Waals surface area contributed by atoms with E-state index in [2.05, 4.69) is 43.0 Å². The van der Waals surface area contributed by atoms with Crippen LogP contribution in [-0.2, 0) is 0 Å². The maximum absolute atomic E-state index is 2.70. The van der Waals surface area contributed by atoms with E-state index in [1.165, 1.54) is 174 Å². The molecule has 0 fully saturated rings. The first-order valence-electron chi connectivity index (χ1n) is 16.5. The summed E-state index contributed by atoms with van der Waals surface area (Å²) in [4.78, 5) is 5.39. The van der Waals surface area contributed by atoms with Crippen molar-refractivity contribution in [3.05, 3.63) is 12.4 Å². The first-order chi connectivity index (χ1) is 17.3. The van der Waals surface area contributed by atoms with Gasteiger partial charge in [0.25, 0.3) is 0 Å². The second-order valence-corrected chi connectivity index (χ2v) is 11.5. The molecule has 0 aromatic carbocycles. The SMILES string of the molecule is CCCCCCCCCCCCC1N(CCCCCCCCC)C=CN1CCCCCCCCC. The second kappa shape index (κ2) is 25.0. The molecule has 1 rings (SSSR count). The summed E-state index contributed by atoms with van der Waals surface area (Å²) in [6.45, 7) is 9.46.